The average Bonchev–Trinajstić information content (AvgIpc) is 2.36. The highest BCUT2D eigenvalue weighted by Gasteiger charge is 2.04. The molecule has 0 bridgehead atoms. The molecule has 0 aromatic heterocycles. The van der Waals surface area contributed by atoms with Crippen molar-refractivity contribution in [3.8, 4) is 5.75 Å². The van der Waals surface area contributed by atoms with Gasteiger partial charge in [-0.25, -0.2) is 4.39 Å². The fourth-order valence-corrected chi connectivity index (χ4v) is 1.37. The number of hydrogen-bond donors (Lipinski definition) is 2. The molecule has 6 heteroatoms. The van der Waals surface area contributed by atoms with Crippen molar-refractivity contribution in [2.24, 2.45) is 16.6 Å². The molecule has 0 saturated carbocycles. The standard InChI is InChI=1S/C14H22FN3O.HI/c1-10(2)8-17-14(16)18-9-11(3)19-13-6-4-12(15)5-7-13;/h4-7,10-11H,8-9H2,1-3H3,(H3,16,17,18);1H. The van der Waals surface area contributed by atoms with Crippen molar-refractivity contribution >= 4 is 29.9 Å². The summed E-state index contributed by atoms with van der Waals surface area (Å²) in [6.07, 6.45) is -0.0849. The summed E-state index contributed by atoms with van der Waals surface area (Å²) < 4.78 is 18.3. The van der Waals surface area contributed by atoms with E-state index in [1.165, 1.54) is 12.1 Å². The van der Waals surface area contributed by atoms with Crippen LogP contribution < -0.4 is 15.8 Å². The number of hydrogen-bond acceptors (Lipinski definition) is 2. The van der Waals surface area contributed by atoms with Crippen LogP contribution >= 0.6 is 24.0 Å². The van der Waals surface area contributed by atoms with E-state index < -0.39 is 0 Å². The SMILES string of the molecule is CC(C)CN=C(N)NCC(C)Oc1ccc(F)cc1.I. The summed E-state index contributed by atoms with van der Waals surface area (Å²) in [4.78, 5) is 4.19. The highest BCUT2D eigenvalue weighted by molar-refractivity contribution is 14.0. The Labute approximate surface area is 137 Å². The van der Waals surface area contributed by atoms with Crippen molar-refractivity contribution in [1.82, 2.24) is 5.32 Å². The highest BCUT2D eigenvalue weighted by Crippen LogP contribution is 2.12. The van der Waals surface area contributed by atoms with Crippen LogP contribution in [-0.4, -0.2) is 25.2 Å². The van der Waals surface area contributed by atoms with Gasteiger partial charge in [0.2, 0.25) is 0 Å². The quantitative estimate of drug-likeness (QED) is 0.443. The summed E-state index contributed by atoms with van der Waals surface area (Å²) >= 11 is 0. The number of nitrogens with two attached hydrogens (primary N) is 1. The van der Waals surface area contributed by atoms with E-state index in [4.69, 9.17) is 10.5 Å². The van der Waals surface area contributed by atoms with Crippen molar-refractivity contribution in [2.45, 2.75) is 26.9 Å². The lowest BCUT2D eigenvalue weighted by Gasteiger charge is -2.15. The smallest absolute Gasteiger partial charge is 0.188 e. The van der Waals surface area contributed by atoms with Gasteiger partial charge in [-0.15, -0.1) is 24.0 Å². The van der Waals surface area contributed by atoms with Gasteiger partial charge in [0.15, 0.2) is 5.96 Å². The summed E-state index contributed by atoms with van der Waals surface area (Å²) in [5.74, 6) is 1.26. The van der Waals surface area contributed by atoms with Gasteiger partial charge < -0.3 is 15.8 Å². The Hall–Kier alpha value is -1.05. The first-order valence-corrected chi connectivity index (χ1v) is 6.43. The van der Waals surface area contributed by atoms with Gasteiger partial charge >= 0.3 is 0 Å². The van der Waals surface area contributed by atoms with Crippen LogP contribution in [0.2, 0.25) is 0 Å². The lowest BCUT2D eigenvalue weighted by molar-refractivity contribution is 0.224. The second-order valence-electron chi connectivity index (χ2n) is 4.88. The molecule has 0 radical (unpaired) electrons. The van der Waals surface area contributed by atoms with Crippen LogP contribution in [0.1, 0.15) is 20.8 Å². The van der Waals surface area contributed by atoms with Crippen LogP contribution in [0.15, 0.2) is 29.3 Å². The largest absolute Gasteiger partial charge is 0.489 e. The summed E-state index contributed by atoms with van der Waals surface area (Å²) in [7, 11) is 0. The van der Waals surface area contributed by atoms with Crippen LogP contribution in [-0.2, 0) is 0 Å². The molecule has 1 atom stereocenters. The first-order valence-electron chi connectivity index (χ1n) is 6.43. The minimum atomic E-state index is -0.275. The molecule has 20 heavy (non-hydrogen) atoms. The summed E-state index contributed by atoms with van der Waals surface area (Å²) in [6, 6.07) is 5.94. The Morgan fingerprint density at radius 2 is 1.90 bits per heavy atom. The van der Waals surface area contributed by atoms with Gasteiger partial charge in [0.05, 0.1) is 6.54 Å². The van der Waals surface area contributed by atoms with Crippen LogP contribution in [0.5, 0.6) is 5.75 Å². The third-order valence-electron chi connectivity index (χ3n) is 2.35. The van der Waals surface area contributed by atoms with Crippen molar-refractivity contribution in [3.63, 3.8) is 0 Å². The maximum Gasteiger partial charge on any atom is 0.188 e. The summed E-state index contributed by atoms with van der Waals surface area (Å²) in [5, 5.41) is 3.00. The number of ether oxygens (including phenoxy) is 1. The van der Waals surface area contributed by atoms with E-state index in [2.05, 4.69) is 24.2 Å². The number of rotatable bonds is 6. The third-order valence-corrected chi connectivity index (χ3v) is 2.35. The Balaban J connectivity index is 0.00000361. The van der Waals surface area contributed by atoms with Gasteiger partial charge in [0.1, 0.15) is 17.7 Å². The van der Waals surface area contributed by atoms with Gasteiger partial charge in [0, 0.05) is 6.54 Å². The second-order valence-corrected chi connectivity index (χ2v) is 4.88. The first kappa shape index (κ1) is 18.9. The van der Waals surface area contributed by atoms with E-state index in [0.717, 1.165) is 0 Å². The van der Waals surface area contributed by atoms with Crippen LogP contribution in [0.25, 0.3) is 0 Å². The van der Waals surface area contributed by atoms with Gasteiger partial charge in [-0.3, -0.25) is 4.99 Å². The van der Waals surface area contributed by atoms with Crippen molar-refractivity contribution in [3.05, 3.63) is 30.1 Å². The predicted octanol–water partition coefficient (Wildman–Crippen LogP) is 2.77. The first-order chi connectivity index (χ1) is 8.97. The van der Waals surface area contributed by atoms with Crippen molar-refractivity contribution in [2.75, 3.05) is 13.1 Å². The molecule has 1 aromatic rings. The molecule has 0 heterocycles. The zero-order valence-corrected chi connectivity index (χ0v) is 14.4. The molecule has 0 fully saturated rings. The molecule has 114 valence electrons. The zero-order valence-electron chi connectivity index (χ0n) is 12.1. The normalized spacial score (nSPS) is 12.8. The second kappa shape index (κ2) is 9.79. The van der Waals surface area contributed by atoms with Crippen LogP contribution in [0.3, 0.4) is 0 Å². The maximum atomic E-state index is 12.7. The lowest BCUT2D eigenvalue weighted by Crippen LogP contribution is -2.38. The van der Waals surface area contributed by atoms with Gasteiger partial charge in [-0.1, -0.05) is 13.8 Å². The molecule has 0 aliphatic carbocycles. The summed E-state index contributed by atoms with van der Waals surface area (Å²) in [6.45, 7) is 7.32. The molecular formula is C14H23FIN3O. The number of benzene rings is 1. The molecule has 0 aliphatic heterocycles. The van der Waals surface area contributed by atoms with E-state index in [1.54, 1.807) is 12.1 Å². The van der Waals surface area contributed by atoms with Crippen LogP contribution in [0, 0.1) is 11.7 Å². The average molecular weight is 395 g/mol. The monoisotopic (exact) mass is 395 g/mol. The molecule has 0 amide bonds. The molecule has 3 N–H and O–H groups in total. The van der Waals surface area contributed by atoms with Gasteiger partial charge in [0.25, 0.3) is 0 Å². The molecule has 0 spiro atoms. The Morgan fingerprint density at radius 3 is 2.45 bits per heavy atom. The number of halogens is 2. The van der Waals surface area contributed by atoms with E-state index in [-0.39, 0.29) is 35.9 Å². The van der Waals surface area contributed by atoms with Gasteiger partial charge in [-0.2, -0.15) is 0 Å². The molecular weight excluding hydrogens is 372 g/mol. The minimum Gasteiger partial charge on any atom is -0.489 e. The molecule has 1 unspecified atom stereocenters. The topological polar surface area (TPSA) is 59.6 Å². The number of aliphatic imine (C=N–C) groups is 1. The van der Waals surface area contributed by atoms with E-state index in [0.29, 0.717) is 30.7 Å². The molecule has 1 aromatic carbocycles. The van der Waals surface area contributed by atoms with Crippen molar-refractivity contribution in [1.29, 1.82) is 0 Å². The number of nitrogens with one attached hydrogen (secondary N) is 1. The maximum absolute atomic E-state index is 12.7. The molecule has 1 rings (SSSR count). The van der Waals surface area contributed by atoms with E-state index in [9.17, 15) is 4.39 Å². The molecule has 0 aliphatic rings. The Morgan fingerprint density at radius 1 is 1.30 bits per heavy atom. The number of guanidine groups is 1. The lowest BCUT2D eigenvalue weighted by atomic mass is 10.2. The Kier molecular flexibility index (Phi) is 9.28. The van der Waals surface area contributed by atoms with Crippen molar-refractivity contribution < 1.29 is 9.13 Å². The fraction of sp³-hybridized carbons (Fsp3) is 0.500. The van der Waals surface area contributed by atoms with Crippen LogP contribution in [0.4, 0.5) is 4.39 Å². The van der Waals surface area contributed by atoms with Gasteiger partial charge in [-0.05, 0) is 37.1 Å². The highest BCUT2D eigenvalue weighted by atomic mass is 127. The number of nitrogens with zero attached hydrogens (tertiary/aromatic N) is 1. The summed E-state index contributed by atoms with van der Waals surface area (Å²) in [5.41, 5.74) is 5.72. The minimum absolute atomic E-state index is 0. The predicted molar refractivity (Wildman–Crippen MR) is 91.2 cm³/mol. The fourth-order valence-electron chi connectivity index (χ4n) is 1.37. The zero-order chi connectivity index (χ0) is 14.3. The molecule has 0 saturated heterocycles. The van der Waals surface area contributed by atoms with E-state index >= 15 is 0 Å². The van der Waals surface area contributed by atoms with E-state index in [1.807, 2.05) is 6.92 Å². The molecule has 4 nitrogen and oxygen atoms in total. The third kappa shape index (κ3) is 8.19. The Bertz CT molecular complexity index is 409.